The Bertz CT molecular complexity index is 1130. The van der Waals surface area contributed by atoms with Gasteiger partial charge in [0.05, 0.1) is 36.8 Å². The number of benzene rings is 2. The van der Waals surface area contributed by atoms with Crippen molar-refractivity contribution in [2.24, 2.45) is 0 Å². The third-order valence-corrected chi connectivity index (χ3v) is 6.20. The zero-order valence-corrected chi connectivity index (χ0v) is 19.1. The van der Waals surface area contributed by atoms with Gasteiger partial charge in [-0.3, -0.25) is 34.9 Å². The van der Waals surface area contributed by atoms with Gasteiger partial charge in [0.2, 0.25) is 12.3 Å². The highest BCUT2D eigenvalue weighted by Crippen LogP contribution is 2.39. The number of ether oxygens (including phenoxy) is 2. The first-order valence-corrected chi connectivity index (χ1v) is 11.2. The van der Waals surface area contributed by atoms with Crippen LogP contribution in [0.1, 0.15) is 70.0 Å². The van der Waals surface area contributed by atoms with E-state index in [4.69, 9.17) is 9.47 Å². The zero-order valence-electron chi connectivity index (χ0n) is 19.1. The highest BCUT2D eigenvalue weighted by atomic mass is 16.5. The van der Waals surface area contributed by atoms with Gasteiger partial charge in [-0.15, -0.1) is 0 Å². The van der Waals surface area contributed by atoms with Crippen LogP contribution in [0.2, 0.25) is 0 Å². The predicted octanol–water partition coefficient (Wildman–Crippen LogP) is 2.83. The molecule has 4 amide bonds. The van der Waals surface area contributed by atoms with E-state index in [0.717, 1.165) is 36.1 Å². The summed E-state index contributed by atoms with van der Waals surface area (Å²) in [6, 6.07) is 9.28. The van der Waals surface area contributed by atoms with E-state index in [9.17, 15) is 19.2 Å². The molecule has 1 unspecified atom stereocenters. The van der Waals surface area contributed by atoms with E-state index in [1.807, 2.05) is 6.92 Å². The van der Waals surface area contributed by atoms with Gasteiger partial charge in [0.25, 0.3) is 11.8 Å². The molecule has 9 heteroatoms. The van der Waals surface area contributed by atoms with Gasteiger partial charge in [-0.2, -0.15) is 0 Å². The fourth-order valence-corrected chi connectivity index (χ4v) is 4.53. The molecule has 1 heterocycles. The van der Waals surface area contributed by atoms with Gasteiger partial charge in [0.1, 0.15) is 0 Å². The second-order valence-corrected chi connectivity index (χ2v) is 8.49. The molecule has 0 radical (unpaired) electrons. The summed E-state index contributed by atoms with van der Waals surface area (Å²) in [5.74, 6) is -0.483. The van der Waals surface area contributed by atoms with Crippen LogP contribution in [0.25, 0.3) is 0 Å². The number of imide groups is 1. The number of methoxy groups -OCH3 is 1. The minimum absolute atomic E-state index is 0.0602. The molecule has 0 aromatic heterocycles. The first-order chi connectivity index (χ1) is 16.4. The number of carbonyl (C=O) groups is 4. The van der Waals surface area contributed by atoms with Crippen molar-refractivity contribution in [1.29, 1.82) is 0 Å². The standard InChI is InChI=1S/C25H27N3O6/c1-15-7-9-18-19(11-15)25(32)28(24(18)31)20(13-23(30)27-26-14-29)16-8-10-21(33-2)22(12-16)34-17-5-3-4-6-17/h7-12,14,17,20H,3-6,13H2,1-2H3,(H,26,29)(H,27,30). The van der Waals surface area contributed by atoms with Crippen molar-refractivity contribution >= 4 is 24.1 Å². The number of amides is 4. The van der Waals surface area contributed by atoms with E-state index in [-0.39, 0.29) is 12.5 Å². The van der Waals surface area contributed by atoms with Gasteiger partial charge >= 0.3 is 0 Å². The van der Waals surface area contributed by atoms with Crippen molar-refractivity contribution in [2.45, 2.75) is 51.2 Å². The Morgan fingerprint density at radius 1 is 1.09 bits per heavy atom. The summed E-state index contributed by atoms with van der Waals surface area (Å²) < 4.78 is 11.6. The van der Waals surface area contributed by atoms with Gasteiger partial charge in [-0.25, -0.2) is 0 Å². The zero-order chi connectivity index (χ0) is 24.2. The van der Waals surface area contributed by atoms with Crippen molar-refractivity contribution in [3.8, 4) is 11.5 Å². The van der Waals surface area contributed by atoms with Crippen molar-refractivity contribution in [1.82, 2.24) is 15.8 Å². The Labute approximate surface area is 197 Å². The number of fused-ring (bicyclic) bond motifs is 1. The molecule has 1 atom stereocenters. The van der Waals surface area contributed by atoms with Gasteiger partial charge in [0, 0.05) is 0 Å². The molecular weight excluding hydrogens is 438 g/mol. The lowest BCUT2D eigenvalue weighted by molar-refractivity contribution is -0.125. The number of hydrazine groups is 1. The van der Waals surface area contributed by atoms with Crippen LogP contribution in [0.3, 0.4) is 0 Å². The van der Waals surface area contributed by atoms with Crippen molar-refractivity contribution in [3.63, 3.8) is 0 Å². The Morgan fingerprint density at radius 3 is 2.53 bits per heavy atom. The first-order valence-electron chi connectivity index (χ1n) is 11.2. The summed E-state index contributed by atoms with van der Waals surface area (Å²) in [5.41, 5.74) is 6.35. The van der Waals surface area contributed by atoms with Gasteiger partial charge in [-0.1, -0.05) is 17.7 Å². The number of hydrogen-bond donors (Lipinski definition) is 2. The number of rotatable bonds is 9. The summed E-state index contributed by atoms with van der Waals surface area (Å²) >= 11 is 0. The third-order valence-electron chi connectivity index (χ3n) is 6.20. The van der Waals surface area contributed by atoms with Crippen LogP contribution in [0, 0.1) is 6.92 Å². The molecule has 2 aromatic carbocycles. The molecule has 1 saturated carbocycles. The average molecular weight is 466 g/mol. The van der Waals surface area contributed by atoms with Crippen LogP contribution >= 0.6 is 0 Å². The number of nitrogens with one attached hydrogen (secondary N) is 2. The lowest BCUT2D eigenvalue weighted by atomic mass is 10.0. The number of aryl methyl sites for hydroxylation is 1. The fourth-order valence-electron chi connectivity index (χ4n) is 4.53. The smallest absolute Gasteiger partial charge is 0.262 e. The Hall–Kier alpha value is -3.88. The molecule has 4 rings (SSSR count). The highest BCUT2D eigenvalue weighted by Gasteiger charge is 2.41. The molecule has 0 bridgehead atoms. The molecule has 34 heavy (non-hydrogen) atoms. The highest BCUT2D eigenvalue weighted by molar-refractivity contribution is 6.21. The maximum atomic E-state index is 13.3. The Balaban J connectivity index is 1.72. The summed E-state index contributed by atoms with van der Waals surface area (Å²) in [5, 5.41) is 0. The maximum absolute atomic E-state index is 13.3. The van der Waals surface area contributed by atoms with Crippen molar-refractivity contribution in [3.05, 3.63) is 58.7 Å². The van der Waals surface area contributed by atoms with Crippen LogP contribution in [0.5, 0.6) is 11.5 Å². The van der Waals surface area contributed by atoms with Crippen LogP contribution in [-0.2, 0) is 9.59 Å². The largest absolute Gasteiger partial charge is 0.493 e. The average Bonchev–Trinajstić information content (AvgIpc) is 3.42. The lowest BCUT2D eigenvalue weighted by Crippen LogP contribution is -2.41. The molecule has 0 saturated heterocycles. The molecule has 1 aliphatic heterocycles. The molecule has 1 fully saturated rings. The third kappa shape index (κ3) is 4.59. The van der Waals surface area contributed by atoms with Crippen molar-refractivity contribution in [2.75, 3.05) is 7.11 Å². The maximum Gasteiger partial charge on any atom is 0.262 e. The lowest BCUT2D eigenvalue weighted by Gasteiger charge is -2.27. The van der Waals surface area contributed by atoms with E-state index in [2.05, 4.69) is 10.9 Å². The number of hydrogen-bond acceptors (Lipinski definition) is 6. The summed E-state index contributed by atoms with van der Waals surface area (Å²) in [4.78, 5) is 50.8. The second kappa shape index (κ2) is 9.94. The summed E-state index contributed by atoms with van der Waals surface area (Å²) in [6.45, 7) is 1.84. The minimum atomic E-state index is -0.919. The Morgan fingerprint density at radius 2 is 1.82 bits per heavy atom. The van der Waals surface area contributed by atoms with Gasteiger partial charge in [0.15, 0.2) is 11.5 Å². The summed E-state index contributed by atoms with van der Waals surface area (Å²) in [6.07, 6.45) is 4.20. The van der Waals surface area contributed by atoms with Crippen LogP contribution < -0.4 is 20.3 Å². The van der Waals surface area contributed by atoms with Crippen LogP contribution in [0.15, 0.2) is 36.4 Å². The quantitative estimate of drug-likeness (QED) is 0.334. The molecule has 9 nitrogen and oxygen atoms in total. The molecule has 1 aliphatic carbocycles. The minimum Gasteiger partial charge on any atom is -0.493 e. The topological polar surface area (TPSA) is 114 Å². The fraction of sp³-hybridized carbons (Fsp3) is 0.360. The van der Waals surface area contributed by atoms with E-state index in [1.165, 1.54) is 0 Å². The second-order valence-electron chi connectivity index (χ2n) is 8.49. The molecular formula is C25H27N3O6. The predicted molar refractivity (Wildman–Crippen MR) is 122 cm³/mol. The van der Waals surface area contributed by atoms with Gasteiger partial charge in [-0.05, 0) is 62.4 Å². The SMILES string of the molecule is COc1ccc(C(CC(=O)NNC=O)N2C(=O)c3ccc(C)cc3C2=O)cc1OC1CCCC1. The van der Waals surface area contributed by atoms with E-state index >= 15 is 0 Å². The molecule has 2 aliphatic rings. The normalized spacial score (nSPS) is 16.2. The molecule has 178 valence electrons. The van der Waals surface area contributed by atoms with Crippen LogP contribution in [-0.4, -0.2) is 42.2 Å². The van der Waals surface area contributed by atoms with Gasteiger partial charge < -0.3 is 9.47 Å². The van der Waals surface area contributed by atoms with E-state index < -0.39 is 23.8 Å². The number of nitrogens with zero attached hydrogens (tertiary/aromatic N) is 1. The first kappa shape index (κ1) is 23.3. The van der Waals surface area contributed by atoms with Crippen molar-refractivity contribution < 1.29 is 28.7 Å². The monoisotopic (exact) mass is 465 g/mol. The molecule has 2 N–H and O–H groups in total. The van der Waals surface area contributed by atoms with Crippen LogP contribution in [0.4, 0.5) is 0 Å². The van der Waals surface area contributed by atoms with E-state index in [0.29, 0.717) is 34.6 Å². The van der Waals surface area contributed by atoms with E-state index in [1.54, 1.807) is 43.5 Å². The summed E-state index contributed by atoms with van der Waals surface area (Å²) in [7, 11) is 1.54. The Kier molecular flexibility index (Phi) is 6.81. The molecule has 2 aromatic rings. The number of carbonyl (C=O) groups excluding carboxylic acids is 4. The molecule has 0 spiro atoms.